The maximum atomic E-state index is 12.1. The van der Waals surface area contributed by atoms with Gasteiger partial charge in [-0.1, -0.05) is 11.6 Å². The molecule has 2 N–H and O–H groups in total. The van der Waals surface area contributed by atoms with Crippen LogP contribution >= 0.6 is 11.6 Å². The summed E-state index contributed by atoms with van der Waals surface area (Å²) in [4.78, 5) is 13.2. The lowest BCUT2D eigenvalue weighted by molar-refractivity contribution is -0.121. The number of carbonyl (C=O) groups is 1. The van der Waals surface area contributed by atoms with Crippen LogP contribution in [0, 0.1) is 0 Å². The maximum Gasteiger partial charge on any atom is 0.250 e. The largest absolute Gasteiger partial charge is 0.277 e. The molecular weight excluding hydrogens is 342 g/mol. The first-order chi connectivity index (χ1) is 9.52. The molecule has 118 valence electrons. The highest BCUT2D eigenvalue weighted by Crippen LogP contribution is 2.17. The molecule has 21 heavy (non-hydrogen) atoms. The van der Waals surface area contributed by atoms with Crippen LogP contribution in [-0.4, -0.2) is 46.9 Å². The highest BCUT2D eigenvalue weighted by molar-refractivity contribution is 7.89. The van der Waals surface area contributed by atoms with Gasteiger partial charge in [0.15, 0.2) is 0 Å². The summed E-state index contributed by atoms with van der Waals surface area (Å²) in [5, 5.41) is 0.381. The van der Waals surface area contributed by atoms with E-state index in [9.17, 15) is 21.6 Å². The van der Waals surface area contributed by atoms with Crippen LogP contribution in [0.1, 0.15) is 0 Å². The zero-order valence-electron chi connectivity index (χ0n) is 11.2. The summed E-state index contributed by atoms with van der Waals surface area (Å²) < 4.78 is 46.7. The van der Waals surface area contributed by atoms with Gasteiger partial charge in [-0.3, -0.25) is 10.2 Å². The summed E-state index contributed by atoms with van der Waals surface area (Å²) in [5.74, 6) is -0.819. The lowest BCUT2D eigenvalue weighted by Crippen LogP contribution is -2.46. The van der Waals surface area contributed by atoms with E-state index in [1.54, 1.807) is 4.83 Å². The first-order valence-corrected chi connectivity index (χ1v) is 9.21. The number of nitrogens with one attached hydrogen (secondary N) is 2. The summed E-state index contributed by atoms with van der Waals surface area (Å²) in [6.45, 7) is -0.548. The molecule has 11 heteroatoms. The molecule has 0 aliphatic heterocycles. The number of benzene rings is 1. The Kier molecular flexibility index (Phi) is 5.70. The standard InChI is InChI=1S/C10H14ClN3O5S2/c1-14(7-10(15)12-13-20(2,16)17)21(18,19)9-5-3-8(11)4-6-9/h3-6,13H,7H2,1-2H3,(H,12,15). The van der Waals surface area contributed by atoms with Crippen LogP contribution < -0.4 is 10.3 Å². The lowest BCUT2D eigenvalue weighted by Gasteiger charge is -2.16. The van der Waals surface area contributed by atoms with Gasteiger partial charge in [-0.15, -0.1) is 4.83 Å². The normalized spacial score (nSPS) is 12.4. The highest BCUT2D eigenvalue weighted by atomic mass is 35.5. The summed E-state index contributed by atoms with van der Waals surface area (Å²) in [5.41, 5.74) is 1.88. The molecule has 0 spiro atoms. The van der Waals surface area contributed by atoms with Crippen molar-refractivity contribution < 1.29 is 21.6 Å². The van der Waals surface area contributed by atoms with Crippen molar-refractivity contribution in [3.05, 3.63) is 29.3 Å². The number of sulfonamides is 2. The fourth-order valence-corrected chi connectivity index (χ4v) is 2.82. The Labute approximate surface area is 128 Å². The number of likely N-dealkylation sites (N-methyl/N-ethyl adjacent to an activating group) is 1. The molecule has 0 aliphatic rings. The van der Waals surface area contributed by atoms with Gasteiger partial charge in [0.1, 0.15) is 0 Å². The van der Waals surface area contributed by atoms with Crippen LogP contribution in [0.15, 0.2) is 29.2 Å². The molecule has 1 rings (SSSR count). The predicted molar refractivity (Wildman–Crippen MR) is 77.4 cm³/mol. The zero-order chi connectivity index (χ0) is 16.3. The van der Waals surface area contributed by atoms with Crippen molar-refractivity contribution in [2.24, 2.45) is 0 Å². The number of carbonyl (C=O) groups excluding carboxylic acids is 1. The van der Waals surface area contributed by atoms with Gasteiger partial charge in [0.25, 0.3) is 0 Å². The molecule has 1 aromatic carbocycles. The van der Waals surface area contributed by atoms with Gasteiger partial charge in [0.05, 0.1) is 17.7 Å². The highest BCUT2D eigenvalue weighted by Gasteiger charge is 2.23. The monoisotopic (exact) mass is 355 g/mol. The maximum absolute atomic E-state index is 12.1. The molecule has 8 nitrogen and oxygen atoms in total. The minimum absolute atomic E-state index is 0.0294. The van der Waals surface area contributed by atoms with Crippen molar-refractivity contribution in [3.8, 4) is 0 Å². The Balaban J connectivity index is 2.76. The minimum Gasteiger partial charge on any atom is -0.277 e. The van der Waals surface area contributed by atoms with Gasteiger partial charge in [-0.2, -0.15) is 4.31 Å². The third kappa shape index (κ3) is 5.59. The van der Waals surface area contributed by atoms with E-state index in [1.165, 1.54) is 31.3 Å². The number of hydrogen-bond donors (Lipinski definition) is 2. The van der Waals surface area contributed by atoms with Gasteiger partial charge in [-0.05, 0) is 24.3 Å². The SMILES string of the molecule is CN(CC(=O)NNS(C)(=O)=O)S(=O)(=O)c1ccc(Cl)cc1. The van der Waals surface area contributed by atoms with Gasteiger partial charge in [-0.25, -0.2) is 16.8 Å². The van der Waals surface area contributed by atoms with E-state index in [2.05, 4.69) is 0 Å². The summed E-state index contributed by atoms with van der Waals surface area (Å²) in [7, 11) is -6.28. The van der Waals surface area contributed by atoms with Gasteiger partial charge in [0.2, 0.25) is 26.0 Å². The Bertz CT molecular complexity index is 716. The number of amides is 1. The van der Waals surface area contributed by atoms with Crippen molar-refractivity contribution in [3.63, 3.8) is 0 Å². The third-order valence-electron chi connectivity index (χ3n) is 2.26. The van der Waals surface area contributed by atoms with E-state index in [-0.39, 0.29) is 4.90 Å². The smallest absolute Gasteiger partial charge is 0.250 e. The van der Waals surface area contributed by atoms with Crippen LogP contribution in [0.2, 0.25) is 5.02 Å². The molecule has 0 radical (unpaired) electrons. The Morgan fingerprint density at radius 1 is 1.19 bits per heavy atom. The summed E-state index contributed by atoms with van der Waals surface area (Å²) in [6, 6.07) is 5.43. The van der Waals surface area contributed by atoms with E-state index in [0.29, 0.717) is 5.02 Å². The fraction of sp³-hybridized carbons (Fsp3) is 0.300. The van der Waals surface area contributed by atoms with Gasteiger partial charge < -0.3 is 0 Å². The first-order valence-electron chi connectivity index (χ1n) is 5.50. The Morgan fingerprint density at radius 2 is 1.71 bits per heavy atom. The van der Waals surface area contributed by atoms with E-state index >= 15 is 0 Å². The quantitative estimate of drug-likeness (QED) is 0.670. The third-order valence-corrected chi connectivity index (χ3v) is 4.81. The Morgan fingerprint density at radius 3 is 2.19 bits per heavy atom. The first kappa shape index (κ1) is 17.9. The van der Waals surface area contributed by atoms with E-state index < -0.39 is 32.5 Å². The van der Waals surface area contributed by atoms with E-state index in [1.807, 2.05) is 5.43 Å². The van der Waals surface area contributed by atoms with Gasteiger partial charge >= 0.3 is 0 Å². The molecular formula is C10H14ClN3O5S2. The molecule has 0 saturated heterocycles. The molecule has 1 amide bonds. The minimum atomic E-state index is -3.87. The van der Waals surface area contributed by atoms with Gasteiger partial charge in [0, 0.05) is 12.1 Å². The van der Waals surface area contributed by atoms with Crippen LogP contribution in [0.3, 0.4) is 0 Å². The molecule has 0 fully saturated rings. The topological polar surface area (TPSA) is 113 Å². The number of rotatable bonds is 6. The fourth-order valence-electron chi connectivity index (χ4n) is 1.26. The average molecular weight is 356 g/mol. The van der Waals surface area contributed by atoms with Crippen LogP contribution in [0.5, 0.6) is 0 Å². The molecule has 0 aromatic heterocycles. The number of hydrogen-bond acceptors (Lipinski definition) is 5. The van der Waals surface area contributed by atoms with Crippen molar-refractivity contribution in [1.82, 2.24) is 14.6 Å². The number of hydrazine groups is 1. The molecule has 1 aromatic rings. The molecule has 0 atom stereocenters. The zero-order valence-corrected chi connectivity index (χ0v) is 13.6. The average Bonchev–Trinajstić information content (AvgIpc) is 2.36. The lowest BCUT2D eigenvalue weighted by atomic mass is 10.4. The van der Waals surface area contributed by atoms with Crippen molar-refractivity contribution in [2.75, 3.05) is 19.8 Å². The van der Waals surface area contributed by atoms with Crippen molar-refractivity contribution in [1.29, 1.82) is 0 Å². The summed E-state index contributed by atoms with van der Waals surface area (Å²) >= 11 is 5.67. The number of nitrogens with zero attached hydrogens (tertiary/aromatic N) is 1. The molecule has 0 aliphatic carbocycles. The van der Waals surface area contributed by atoms with Crippen molar-refractivity contribution in [2.45, 2.75) is 4.90 Å². The van der Waals surface area contributed by atoms with Crippen LogP contribution in [0.4, 0.5) is 0 Å². The molecule has 0 saturated carbocycles. The number of halogens is 1. The van der Waals surface area contributed by atoms with Crippen LogP contribution in [0.25, 0.3) is 0 Å². The predicted octanol–water partition coefficient (Wildman–Crippen LogP) is -0.459. The molecule has 0 bridgehead atoms. The second kappa shape index (κ2) is 6.71. The van der Waals surface area contributed by atoms with E-state index in [0.717, 1.165) is 10.6 Å². The summed E-state index contributed by atoms with van der Waals surface area (Å²) in [6.07, 6.45) is 0.849. The molecule has 0 heterocycles. The van der Waals surface area contributed by atoms with E-state index in [4.69, 9.17) is 11.6 Å². The Hall–Kier alpha value is -1.20. The molecule has 0 unspecified atom stereocenters. The second-order valence-corrected chi connectivity index (χ2v) is 8.37. The second-order valence-electron chi connectivity index (χ2n) is 4.14. The van der Waals surface area contributed by atoms with Crippen LogP contribution in [-0.2, 0) is 24.8 Å². The van der Waals surface area contributed by atoms with Crippen molar-refractivity contribution >= 4 is 37.6 Å².